The number of nitrogens with one attached hydrogen (secondary N) is 2. The molecule has 0 saturated carbocycles. The van der Waals surface area contributed by atoms with Gasteiger partial charge < -0.3 is 4.98 Å². The summed E-state index contributed by atoms with van der Waals surface area (Å²) in [5, 5.41) is 13.2. The van der Waals surface area contributed by atoms with Gasteiger partial charge in [-0.25, -0.2) is 10.5 Å². The van der Waals surface area contributed by atoms with Gasteiger partial charge in [0, 0.05) is 47.3 Å². The summed E-state index contributed by atoms with van der Waals surface area (Å²) in [6, 6.07) is 15.2. The lowest BCUT2D eigenvalue weighted by Gasteiger charge is -2.29. The smallest absolute Gasteiger partial charge is 0.267 e. The summed E-state index contributed by atoms with van der Waals surface area (Å²) in [5.41, 5.74) is 7.79. The van der Waals surface area contributed by atoms with Gasteiger partial charge in [0.1, 0.15) is 5.01 Å². The minimum absolute atomic E-state index is 0.341. The first kappa shape index (κ1) is 21.6. The van der Waals surface area contributed by atoms with Crippen LogP contribution in [0.2, 0.25) is 0 Å². The predicted molar refractivity (Wildman–Crippen MR) is 131 cm³/mol. The molecule has 2 aromatic carbocycles. The Labute approximate surface area is 196 Å². The summed E-state index contributed by atoms with van der Waals surface area (Å²) in [6.45, 7) is 1.78. The van der Waals surface area contributed by atoms with Gasteiger partial charge in [-0.3, -0.25) is 14.9 Å². The lowest BCUT2D eigenvalue weighted by atomic mass is 10.0. The van der Waals surface area contributed by atoms with Crippen molar-refractivity contribution in [2.24, 2.45) is 0 Å². The monoisotopic (exact) mass is 458 g/mol. The number of hydrogen-bond acceptors (Lipinski definition) is 5. The Balaban J connectivity index is 1.37. The molecule has 1 atom stereocenters. The van der Waals surface area contributed by atoms with E-state index in [0.717, 1.165) is 42.9 Å². The van der Waals surface area contributed by atoms with Crippen molar-refractivity contribution in [2.75, 3.05) is 6.54 Å². The summed E-state index contributed by atoms with van der Waals surface area (Å²) in [7, 11) is 0. The third kappa shape index (κ3) is 4.75. The Bertz CT molecular complexity index is 1280. The molecule has 1 aliphatic carbocycles. The van der Waals surface area contributed by atoms with E-state index >= 15 is 0 Å². The zero-order chi connectivity index (χ0) is 22.6. The van der Waals surface area contributed by atoms with Crippen LogP contribution in [-0.4, -0.2) is 32.5 Å². The van der Waals surface area contributed by atoms with Crippen molar-refractivity contribution in [1.82, 2.24) is 20.3 Å². The summed E-state index contributed by atoms with van der Waals surface area (Å²) in [6.07, 6.45) is 10.1. The molecule has 0 saturated heterocycles. The molecule has 33 heavy (non-hydrogen) atoms. The van der Waals surface area contributed by atoms with E-state index in [1.165, 1.54) is 33.7 Å². The average molecular weight is 459 g/mol. The number of hydroxylamine groups is 1. The van der Waals surface area contributed by atoms with Gasteiger partial charge in [-0.2, -0.15) is 0 Å². The molecule has 2 aromatic heterocycles. The highest BCUT2D eigenvalue weighted by Gasteiger charge is 2.28. The number of nitrogens with zero attached hydrogens (tertiary/aromatic N) is 2. The summed E-state index contributed by atoms with van der Waals surface area (Å²) < 4.78 is 0. The van der Waals surface area contributed by atoms with Gasteiger partial charge in [-0.05, 0) is 53.7 Å². The van der Waals surface area contributed by atoms with Crippen molar-refractivity contribution in [2.45, 2.75) is 31.8 Å². The van der Waals surface area contributed by atoms with Crippen LogP contribution >= 0.6 is 11.3 Å². The summed E-state index contributed by atoms with van der Waals surface area (Å²) in [4.78, 5) is 21.8. The number of carbonyl (C=O) groups is 1. The number of thiazole rings is 1. The second-order valence-corrected chi connectivity index (χ2v) is 9.31. The first-order valence-electron chi connectivity index (χ1n) is 11.1. The molecule has 0 aliphatic heterocycles. The molecular weight excluding hydrogens is 432 g/mol. The van der Waals surface area contributed by atoms with Gasteiger partial charge >= 0.3 is 0 Å². The molecular formula is C26H26N4O2S. The van der Waals surface area contributed by atoms with Crippen LogP contribution in [0, 0.1) is 0 Å². The Hall–Kier alpha value is -3.26. The maximum atomic E-state index is 11.3. The Morgan fingerprint density at radius 2 is 2.21 bits per heavy atom. The number of fused-ring (bicyclic) bond motifs is 2. The van der Waals surface area contributed by atoms with Crippen LogP contribution in [-0.2, 0) is 24.2 Å². The molecule has 0 fully saturated rings. The van der Waals surface area contributed by atoms with Crippen LogP contribution in [0.3, 0.4) is 0 Å². The minimum atomic E-state index is -0.528. The quantitative estimate of drug-likeness (QED) is 0.200. The highest BCUT2D eigenvalue weighted by molar-refractivity contribution is 7.09. The van der Waals surface area contributed by atoms with Crippen molar-refractivity contribution in [1.29, 1.82) is 0 Å². The van der Waals surface area contributed by atoms with Crippen molar-refractivity contribution < 1.29 is 10.0 Å². The van der Waals surface area contributed by atoms with E-state index < -0.39 is 5.91 Å². The fourth-order valence-corrected chi connectivity index (χ4v) is 5.40. The Kier molecular flexibility index (Phi) is 6.35. The van der Waals surface area contributed by atoms with E-state index in [0.29, 0.717) is 6.04 Å². The van der Waals surface area contributed by atoms with Crippen LogP contribution in [0.5, 0.6) is 0 Å². The van der Waals surface area contributed by atoms with Crippen LogP contribution in [0.4, 0.5) is 0 Å². The van der Waals surface area contributed by atoms with E-state index in [-0.39, 0.29) is 0 Å². The maximum absolute atomic E-state index is 11.3. The van der Waals surface area contributed by atoms with Gasteiger partial charge in [-0.1, -0.05) is 36.4 Å². The molecule has 0 spiro atoms. The summed E-state index contributed by atoms with van der Waals surface area (Å²) in [5.74, 6) is -0.528. The van der Waals surface area contributed by atoms with E-state index in [4.69, 9.17) is 5.21 Å². The van der Waals surface area contributed by atoms with E-state index in [9.17, 15) is 4.79 Å². The number of para-hydroxylation sites is 1. The molecule has 6 nitrogen and oxygen atoms in total. The largest absolute Gasteiger partial charge is 0.361 e. The van der Waals surface area contributed by atoms with Crippen LogP contribution in [0.15, 0.2) is 66.3 Å². The second kappa shape index (κ2) is 9.70. The topological polar surface area (TPSA) is 81.2 Å². The molecule has 3 N–H and O–H groups in total. The number of rotatable bonds is 8. The SMILES string of the molecule is O=C(/C=C/c1ccc2c(c1)CCC2N(CCc1c[nH]c2ccccc12)Cc1nccs1)NO. The van der Waals surface area contributed by atoms with E-state index in [1.54, 1.807) is 22.9 Å². The van der Waals surface area contributed by atoms with Crippen LogP contribution in [0.1, 0.15) is 39.7 Å². The van der Waals surface area contributed by atoms with Gasteiger partial charge in [-0.15, -0.1) is 11.3 Å². The Morgan fingerprint density at radius 1 is 1.30 bits per heavy atom. The molecule has 4 aromatic rings. The first-order valence-corrected chi connectivity index (χ1v) is 12.0. The third-order valence-electron chi connectivity index (χ3n) is 6.36. The molecule has 2 heterocycles. The number of carbonyl (C=O) groups excluding carboxylic acids is 1. The molecule has 0 bridgehead atoms. The third-order valence-corrected chi connectivity index (χ3v) is 7.12. The normalized spacial score (nSPS) is 15.5. The van der Waals surface area contributed by atoms with Gasteiger partial charge in [0.25, 0.3) is 5.91 Å². The number of aromatic amines is 1. The number of amides is 1. The van der Waals surface area contributed by atoms with Gasteiger partial charge in [0.05, 0.1) is 6.54 Å². The minimum Gasteiger partial charge on any atom is -0.361 e. The fraction of sp³-hybridized carbons (Fsp3) is 0.231. The number of H-pyrrole nitrogens is 1. The van der Waals surface area contributed by atoms with Crippen molar-refractivity contribution in [3.63, 3.8) is 0 Å². The molecule has 168 valence electrons. The standard InChI is InChI=1S/C26H26N4O2S/c31-25(29-32)10-6-18-5-8-22-19(15-18)7-9-24(22)30(17-26-27-12-14-33-26)13-11-20-16-28-23-4-2-1-3-21(20)23/h1-6,8,10,12,14-16,24,28,32H,7,9,11,13,17H2,(H,29,31)/b10-6+. The molecule has 1 amide bonds. The maximum Gasteiger partial charge on any atom is 0.267 e. The van der Waals surface area contributed by atoms with Crippen molar-refractivity contribution in [3.05, 3.63) is 93.6 Å². The van der Waals surface area contributed by atoms with Gasteiger partial charge in [0.2, 0.25) is 0 Å². The van der Waals surface area contributed by atoms with Crippen molar-refractivity contribution in [3.8, 4) is 0 Å². The molecule has 0 radical (unpaired) electrons. The second-order valence-electron chi connectivity index (χ2n) is 8.33. The number of benzene rings is 2. The predicted octanol–water partition coefficient (Wildman–Crippen LogP) is 4.88. The van der Waals surface area contributed by atoms with Crippen molar-refractivity contribution >= 4 is 34.2 Å². The number of aromatic nitrogens is 2. The van der Waals surface area contributed by atoms with E-state index in [1.807, 2.05) is 17.6 Å². The highest BCUT2D eigenvalue weighted by Crippen LogP contribution is 2.37. The fourth-order valence-electron chi connectivity index (χ4n) is 4.76. The number of aryl methyl sites for hydroxylation is 1. The zero-order valence-electron chi connectivity index (χ0n) is 18.2. The average Bonchev–Trinajstić information content (AvgIpc) is 3.60. The molecule has 7 heteroatoms. The lowest BCUT2D eigenvalue weighted by Crippen LogP contribution is -2.29. The zero-order valence-corrected chi connectivity index (χ0v) is 19.0. The first-order chi connectivity index (χ1) is 16.2. The van der Waals surface area contributed by atoms with Gasteiger partial charge in [0.15, 0.2) is 0 Å². The van der Waals surface area contributed by atoms with E-state index in [2.05, 4.69) is 57.5 Å². The summed E-state index contributed by atoms with van der Waals surface area (Å²) >= 11 is 1.70. The Morgan fingerprint density at radius 3 is 3.06 bits per heavy atom. The molecule has 5 rings (SSSR count). The molecule has 1 unspecified atom stereocenters. The number of hydrogen-bond donors (Lipinski definition) is 3. The lowest BCUT2D eigenvalue weighted by molar-refractivity contribution is -0.124. The highest BCUT2D eigenvalue weighted by atomic mass is 32.1. The molecule has 1 aliphatic rings. The van der Waals surface area contributed by atoms with Crippen LogP contribution in [0.25, 0.3) is 17.0 Å². The van der Waals surface area contributed by atoms with Crippen LogP contribution < -0.4 is 5.48 Å².